The summed E-state index contributed by atoms with van der Waals surface area (Å²) >= 11 is 7.65. The molecule has 0 spiro atoms. The number of nitrogens with one attached hydrogen (secondary N) is 2. The molecule has 0 radical (unpaired) electrons. The van der Waals surface area contributed by atoms with Crippen LogP contribution in [0.15, 0.2) is 35.2 Å². The first-order chi connectivity index (χ1) is 12.8. The van der Waals surface area contributed by atoms with Gasteiger partial charge in [0.1, 0.15) is 0 Å². The highest BCUT2D eigenvalue weighted by molar-refractivity contribution is 8.00. The van der Waals surface area contributed by atoms with E-state index in [1.807, 2.05) is 6.92 Å². The number of carbonyl (C=O) groups excluding carboxylic acids is 1. The van der Waals surface area contributed by atoms with Crippen LogP contribution in [0.5, 0.6) is 0 Å². The smallest absolute Gasteiger partial charge is 0.255 e. The zero-order valence-corrected chi connectivity index (χ0v) is 15.7. The van der Waals surface area contributed by atoms with Crippen LogP contribution in [0.3, 0.4) is 0 Å². The molecule has 0 bridgehead atoms. The molecule has 3 rings (SSSR count). The van der Waals surface area contributed by atoms with Crippen molar-refractivity contribution >= 4 is 35.0 Å². The number of hydrogen-bond acceptors (Lipinski definition) is 4. The molecule has 1 fully saturated rings. The molecule has 1 amide bonds. The van der Waals surface area contributed by atoms with Gasteiger partial charge in [-0.25, -0.2) is 13.2 Å². The number of halogens is 4. The molecule has 27 heavy (non-hydrogen) atoms. The van der Waals surface area contributed by atoms with Crippen LogP contribution in [-0.2, 0) is 0 Å². The van der Waals surface area contributed by atoms with Crippen LogP contribution < -0.4 is 10.6 Å². The average molecular weight is 417 g/mol. The second-order valence-corrected chi connectivity index (χ2v) is 7.81. The van der Waals surface area contributed by atoms with Gasteiger partial charge in [0.05, 0.1) is 11.6 Å². The lowest BCUT2D eigenvalue weighted by Crippen LogP contribution is -2.63. The molecule has 1 heterocycles. The van der Waals surface area contributed by atoms with Gasteiger partial charge in [0, 0.05) is 45.6 Å². The number of benzene rings is 2. The van der Waals surface area contributed by atoms with Crippen molar-refractivity contribution in [3.8, 4) is 0 Å². The third-order valence-corrected chi connectivity index (χ3v) is 6.30. The Morgan fingerprint density at radius 1 is 1.26 bits per heavy atom. The Bertz CT molecular complexity index is 861. The van der Waals surface area contributed by atoms with Crippen molar-refractivity contribution in [1.82, 2.24) is 5.32 Å². The molecule has 3 unspecified atom stereocenters. The van der Waals surface area contributed by atoms with Crippen molar-refractivity contribution in [2.45, 2.75) is 29.2 Å². The fraction of sp³-hybridized carbons (Fsp3) is 0.278. The largest absolute Gasteiger partial charge is 0.395 e. The summed E-state index contributed by atoms with van der Waals surface area (Å²) in [5.74, 6) is -4.99. The number of aliphatic hydroxyl groups is 1. The van der Waals surface area contributed by atoms with Crippen LogP contribution in [0.25, 0.3) is 0 Å². The lowest BCUT2D eigenvalue weighted by Gasteiger charge is -2.43. The minimum atomic E-state index is -1.60. The number of anilines is 1. The Balaban J connectivity index is 1.78. The third-order valence-electron chi connectivity index (χ3n) is 4.26. The molecule has 3 N–H and O–H groups in total. The molecule has 2 aromatic carbocycles. The zero-order valence-electron chi connectivity index (χ0n) is 14.1. The quantitative estimate of drug-likeness (QED) is 0.648. The molecule has 1 aliphatic rings. The van der Waals surface area contributed by atoms with Crippen LogP contribution >= 0.6 is 23.4 Å². The Morgan fingerprint density at radius 3 is 2.52 bits per heavy atom. The van der Waals surface area contributed by atoms with Crippen molar-refractivity contribution in [2.24, 2.45) is 0 Å². The number of hydrogen-bond donors (Lipinski definition) is 3. The summed E-state index contributed by atoms with van der Waals surface area (Å²) in [6.07, 6.45) is 0. The Hall–Kier alpha value is -1.74. The Morgan fingerprint density at radius 2 is 1.93 bits per heavy atom. The van der Waals surface area contributed by atoms with E-state index in [0.29, 0.717) is 22.1 Å². The first-order valence-electron chi connectivity index (χ1n) is 8.09. The molecule has 3 atom stereocenters. The summed E-state index contributed by atoms with van der Waals surface area (Å²) in [5, 5.41) is 15.4. The maximum atomic E-state index is 13.3. The third kappa shape index (κ3) is 4.24. The SMILES string of the molecule is CC1NC(CO)C1Sc1cc(C(=O)Nc2cc(F)c(F)c(F)c2)ccc1Cl. The normalized spacial score (nSPS) is 21.6. The topological polar surface area (TPSA) is 61.4 Å². The van der Waals surface area contributed by atoms with Crippen LogP contribution in [-0.4, -0.2) is 35.0 Å². The van der Waals surface area contributed by atoms with Crippen molar-refractivity contribution in [2.75, 3.05) is 11.9 Å². The van der Waals surface area contributed by atoms with Crippen LogP contribution in [0.1, 0.15) is 17.3 Å². The van der Waals surface area contributed by atoms with E-state index >= 15 is 0 Å². The van der Waals surface area contributed by atoms with Gasteiger partial charge in [-0.1, -0.05) is 11.6 Å². The summed E-state index contributed by atoms with van der Waals surface area (Å²) in [6.45, 7) is 1.97. The number of amides is 1. The first-order valence-corrected chi connectivity index (χ1v) is 9.35. The average Bonchev–Trinajstić information content (AvgIpc) is 2.63. The van der Waals surface area contributed by atoms with Gasteiger partial charge >= 0.3 is 0 Å². The summed E-state index contributed by atoms with van der Waals surface area (Å²) in [5.41, 5.74) is 0.0326. The van der Waals surface area contributed by atoms with Gasteiger partial charge in [0.25, 0.3) is 5.91 Å². The predicted octanol–water partition coefficient (Wildman–Crippen LogP) is 3.82. The monoisotopic (exact) mass is 416 g/mol. The number of rotatable bonds is 5. The minimum absolute atomic E-state index is 0.0124. The highest BCUT2D eigenvalue weighted by atomic mass is 35.5. The lowest BCUT2D eigenvalue weighted by molar-refractivity contribution is 0.102. The summed E-state index contributed by atoms with van der Waals surface area (Å²) in [7, 11) is 0. The van der Waals surface area contributed by atoms with Crippen LogP contribution in [0, 0.1) is 17.5 Å². The predicted molar refractivity (Wildman–Crippen MR) is 98.8 cm³/mol. The molecule has 1 saturated heterocycles. The highest BCUT2D eigenvalue weighted by Crippen LogP contribution is 2.37. The van der Waals surface area contributed by atoms with Crippen LogP contribution in [0.2, 0.25) is 5.02 Å². The van der Waals surface area contributed by atoms with Crippen molar-refractivity contribution < 1.29 is 23.1 Å². The number of aliphatic hydroxyl groups excluding tert-OH is 1. The van der Waals surface area contributed by atoms with E-state index in [2.05, 4.69) is 10.6 Å². The molecule has 0 aromatic heterocycles. The van der Waals surface area contributed by atoms with E-state index in [9.17, 15) is 23.1 Å². The molecule has 2 aromatic rings. The van der Waals surface area contributed by atoms with Gasteiger partial charge in [0.2, 0.25) is 0 Å². The molecule has 1 aliphatic heterocycles. The molecule has 144 valence electrons. The molecular formula is C18H16ClF3N2O2S. The fourth-order valence-corrected chi connectivity index (χ4v) is 4.34. The van der Waals surface area contributed by atoms with E-state index in [1.165, 1.54) is 17.8 Å². The second kappa shape index (κ2) is 8.10. The summed E-state index contributed by atoms with van der Waals surface area (Å²) in [6, 6.07) is 6.11. The van der Waals surface area contributed by atoms with Gasteiger partial charge in [-0.3, -0.25) is 4.79 Å². The second-order valence-electron chi connectivity index (χ2n) is 6.18. The van der Waals surface area contributed by atoms with Crippen LogP contribution in [0.4, 0.5) is 18.9 Å². The number of thioether (sulfide) groups is 1. The standard InChI is InChI=1S/C18H16ClF3N2O2S/c1-8-17(14(7-25)23-8)27-15-4-9(2-3-11(15)19)18(26)24-10-5-12(20)16(22)13(21)6-10/h2-6,8,14,17,23,25H,7H2,1H3,(H,24,26). The fourth-order valence-electron chi connectivity index (χ4n) is 2.81. The summed E-state index contributed by atoms with van der Waals surface area (Å²) in [4.78, 5) is 13.0. The Kier molecular flexibility index (Phi) is 6.00. The van der Waals surface area contributed by atoms with Crippen molar-refractivity contribution in [3.05, 3.63) is 58.4 Å². The van der Waals surface area contributed by atoms with E-state index < -0.39 is 23.4 Å². The maximum Gasteiger partial charge on any atom is 0.255 e. The van der Waals surface area contributed by atoms with Crippen molar-refractivity contribution in [1.29, 1.82) is 0 Å². The van der Waals surface area contributed by atoms with Gasteiger partial charge in [-0.05, 0) is 25.1 Å². The van der Waals surface area contributed by atoms with E-state index in [0.717, 1.165) is 0 Å². The molecular weight excluding hydrogens is 401 g/mol. The Labute approximate surface area is 163 Å². The van der Waals surface area contributed by atoms with Gasteiger partial charge < -0.3 is 15.7 Å². The molecule has 0 saturated carbocycles. The van der Waals surface area contributed by atoms with Gasteiger partial charge in [-0.15, -0.1) is 11.8 Å². The lowest BCUT2D eigenvalue weighted by atomic mass is 9.99. The van der Waals surface area contributed by atoms with Gasteiger partial charge in [-0.2, -0.15) is 0 Å². The highest BCUT2D eigenvalue weighted by Gasteiger charge is 2.37. The number of carbonyl (C=O) groups is 1. The van der Waals surface area contributed by atoms with E-state index in [1.54, 1.807) is 12.1 Å². The molecule has 0 aliphatic carbocycles. The summed E-state index contributed by atoms with van der Waals surface area (Å²) < 4.78 is 39.6. The molecule has 9 heteroatoms. The van der Waals surface area contributed by atoms with E-state index in [-0.39, 0.29) is 35.2 Å². The van der Waals surface area contributed by atoms with E-state index in [4.69, 9.17) is 11.6 Å². The first kappa shape index (κ1) is 20.0. The van der Waals surface area contributed by atoms with Crippen molar-refractivity contribution in [3.63, 3.8) is 0 Å². The molecule has 4 nitrogen and oxygen atoms in total. The minimum Gasteiger partial charge on any atom is -0.395 e. The zero-order chi connectivity index (χ0) is 19.7. The van der Waals surface area contributed by atoms with Gasteiger partial charge in [0.15, 0.2) is 17.5 Å². The maximum absolute atomic E-state index is 13.3.